The van der Waals surface area contributed by atoms with Crippen LogP contribution in [0.2, 0.25) is 0 Å². The van der Waals surface area contributed by atoms with Crippen LogP contribution in [0.3, 0.4) is 0 Å². The van der Waals surface area contributed by atoms with Gasteiger partial charge in [0.2, 0.25) is 0 Å². The van der Waals surface area contributed by atoms with Crippen molar-refractivity contribution in [1.29, 1.82) is 0 Å². The van der Waals surface area contributed by atoms with E-state index in [1.54, 1.807) is 17.5 Å². The fourth-order valence-electron chi connectivity index (χ4n) is 3.72. The lowest BCUT2D eigenvalue weighted by Gasteiger charge is -2.00. The van der Waals surface area contributed by atoms with Gasteiger partial charge in [-0.15, -0.1) is 11.3 Å². The van der Waals surface area contributed by atoms with Crippen LogP contribution in [-0.4, -0.2) is 30.1 Å². The first-order valence-electron chi connectivity index (χ1n) is 9.56. The number of hydrogen-bond donors (Lipinski definition) is 2. The van der Waals surface area contributed by atoms with Gasteiger partial charge in [-0.2, -0.15) is 5.10 Å². The van der Waals surface area contributed by atoms with Crippen molar-refractivity contribution in [2.24, 2.45) is 0 Å². The first kappa shape index (κ1) is 17.1. The Labute approximate surface area is 175 Å². The van der Waals surface area contributed by atoms with Gasteiger partial charge in [0.15, 0.2) is 0 Å². The summed E-state index contributed by atoms with van der Waals surface area (Å²) >= 11 is 1.77. The van der Waals surface area contributed by atoms with E-state index in [9.17, 15) is 0 Å². The van der Waals surface area contributed by atoms with Crippen LogP contribution >= 0.6 is 11.3 Å². The topological polar surface area (TPSA) is 83.1 Å². The van der Waals surface area contributed by atoms with E-state index in [-0.39, 0.29) is 0 Å². The fourth-order valence-corrected chi connectivity index (χ4v) is 4.61. The van der Waals surface area contributed by atoms with Gasteiger partial charge in [0.05, 0.1) is 28.6 Å². The summed E-state index contributed by atoms with van der Waals surface area (Å²) in [5.74, 6) is 0. The molecule has 7 heteroatoms. The number of aromatic amines is 2. The molecule has 0 radical (unpaired) electrons. The van der Waals surface area contributed by atoms with Crippen LogP contribution < -0.4 is 0 Å². The molecule has 0 bridgehead atoms. The average molecular weight is 408 g/mol. The Balaban J connectivity index is 1.52. The van der Waals surface area contributed by atoms with E-state index in [0.717, 1.165) is 50.1 Å². The molecule has 0 aromatic carbocycles. The minimum Gasteiger partial charge on any atom is -0.352 e. The molecule has 6 heterocycles. The Kier molecular flexibility index (Phi) is 3.75. The molecular weight excluding hydrogens is 392 g/mol. The second-order valence-corrected chi connectivity index (χ2v) is 8.44. The number of nitrogens with one attached hydrogen (secondary N) is 2. The molecule has 0 unspecified atom stereocenters. The standard InChI is InChI=1S/C23H16N6S/c1-13-4-7-21(30-13)16-11-25-12-20-15(16)9-19(26-20)23-22-18(28-29-23)6-5-17(27-22)14-3-2-8-24-10-14/h2-12,26H,1H3,(H,28,29). The van der Waals surface area contributed by atoms with Gasteiger partial charge >= 0.3 is 0 Å². The molecule has 30 heavy (non-hydrogen) atoms. The number of pyridine rings is 3. The zero-order valence-electron chi connectivity index (χ0n) is 16.0. The molecule has 6 rings (SSSR count). The van der Waals surface area contributed by atoms with Crippen molar-refractivity contribution >= 4 is 33.3 Å². The smallest absolute Gasteiger partial charge is 0.135 e. The zero-order chi connectivity index (χ0) is 20.1. The summed E-state index contributed by atoms with van der Waals surface area (Å²) in [6.07, 6.45) is 7.35. The molecule has 0 amide bonds. The predicted octanol–water partition coefficient (Wildman–Crippen LogP) is 5.60. The van der Waals surface area contributed by atoms with Crippen LogP contribution in [0.15, 0.2) is 67.3 Å². The Morgan fingerprint density at radius 3 is 2.73 bits per heavy atom. The van der Waals surface area contributed by atoms with Gasteiger partial charge in [0, 0.05) is 44.9 Å². The Morgan fingerprint density at radius 1 is 0.933 bits per heavy atom. The fraction of sp³-hybridized carbons (Fsp3) is 0.0435. The highest BCUT2D eigenvalue weighted by atomic mass is 32.1. The monoisotopic (exact) mass is 408 g/mol. The van der Waals surface area contributed by atoms with Crippen LogP contribution in [0.4, 0.5) is 0 Å². The van der Waals surface area contributed by atoms with Gasteiger partial charge in [0.1, 0.15) is 11.2 Å². The molecular formula is C23H16N6S. The molecule has 0 fully saturated rings. The Bertz CT molecular complexity index is 1510. The van der Waals surface area contributed by atoms with Crippen molar-refractivity contribution in [3.8, 4) is 33.1 Å². The third-order valence-electron chi connectivity index (χ3n) is 5.17. The third-order valence-corrected chi connectivity index (χ3v) is 6.21. The van der Waals surface area contributed by atoms with Gasteiger partial charge in [-0.25, -0.2) is 4.98 Å². The van der Waals surface area contributed by atoms with Crippen molar-refractivity contribution in [3.05, 3.63) is 72.1 Å². The highest BCUT2D eigenvalue weighted by molar-refractivity contribution is 7.15. The molecule has 0 saturated carbocycles. The maximum Gasteiger partial charge on any atom is 0.135 e. The minimum atomic E-state index is 0.792. The second kappa shape index (κ2) is 6.60. The lowest BCUT2D eigenvalue weighted by Crippen LogP contribution is -1.86. The van der Waals surface area contributed by atoms with E-state index >= 15 is 0 Å². The molecule has 6 aromatic heterocycles. The van der Waals surface area contributed by atoms with Crippen molar-refractivity contribution < 1.29 is 0 Å². The number of fused-ring (bicyclic) bond motifs is 2. The minimum absolute atomic E-state index is 0.792. The van der Waals surface area contributed by atoms with E-state index in [1.165, 1.54) is 9.75 Å². The number of nitrogens with zero attached hydrogens (tertiary/aromatic N) is 4. The molecule has 0 spiro atoms. The summed E-state index contributed by atoms with van der Waals surface area (Å²) in [6, 6.07) is 14.3. The quantitative estimate of drug-likeness (QED) is 0.399. The highest BCUT2D eigenvalue weighted by Gasteiger charge is 2.16. The number of aromatic nitrogens is 6. The molecule has 0 atom stereocenters. The van der Waals surface area contributed by atoms with Crippen molar-refractivity contribution in [1.82, 2.24) is 30.1 Å². The summed E-state index contributed by atoms with van der Waals surface area (Å²) in [7, 11) is 0. The molecule has 0 aliphatic carbocycles. The van der Waals surface area contributed by atoms with Crippen LogP contribution in [0.5, 0.6) is 0 Å². The van der Waals surface area contributed by atoms with E-state index in [4.69, 9.17) is 4.98 Å². The van der Waals surface area contributed by atoms with Crippen molar-refractivity contribution in [2.75, 3.05) is 0 Å². The van der Waals surface area contributed by atoms with E-state index < -0.39 is 0 Å². The molecule has 0 aliphatic heterocycles. The number of hydrogen-bond acceptors (Lipinski definition) is 5. The lowest BCUT2D eigenvalue weighted by atomic mass is 10.1. The molecule has 2 N–H and O–H groups in total. The molecule has 0 saturated heterocycles. The van der Waals surface area contributed by atoms with Crippen LogP contribution in [0.1, 0.15) is 4.88 Å². The van der Waals surface area contributed by atoms with Gasteiger partial charge in [0.25, 0.3) is 0 Å². The van der Waals surface area contributed by atoms with E-state index in [2.05, 4.69) is 50.3 Å². The van der Waals surface area contributed by atoms with Gasteiger partial charge in [-0.3, -0.25) is 15.1 Å². The van der Waals surface area contributed by atoms with E-state index in [0.29, 0.717) is 0 Å². The number of thiophene rings is 1. The summed E-state index contributed by atoms with van der Waals surface area (Å²) in [5.41, 5.74) is 7.36. The van der Waals surface area contributed by atoms with Crippen LogP contribution in [0.25, 0.3) is 55.0 Å². The normalized spacial score (nSPS) is 11.5. The van der Waals surface area contributed by atoms with E-state index in [1.807, 2.05) is 42.9 Å². The first-order chi connectivity index (χ1) is 14.8. The van der Waals surface area contributed by atoms with Gasteiger partial charge in [-0.05, 0) is 49.4 Å². The average Bonchev–Trinajstić information content (AvgIpc) is 3.51. The summed E-state index contributed by atoms with van der Waals surface area (Å²) in [4.78, 5) is 19.5. The summed E-state index contributed by atoms with van der Waals surface area (Å²) < 4.78 is 0. The molecule has 144 valence electrons. The largest absolute Gasteiger partial charge is 0.352 e. The van der Waals surface area contributed by atoms with Crippen LogP contribution in [-0.2, 0) is 0 Å². The van der Waals surface area contributed by atoms with Crippen LogP contribution in [0, 0.1) is 6.92 Å². The number of rotatable bonds is 3. The Hall–Kier alpha value is -3.84. The first-order valence-corrected chi connectivity index (χ1v) is 10.4. The predicted molar refractivity (Wildman–Crippen MR) is 120 cm³/mol. The van der Waals surface area contributed by atoms with Gasteiger partial charge in [-0.1, -0.05) is 0 Å². The zero-order valence-corrected chi connectivity index (χ0v) is 16.9. The number of H-pyrrole nitrogens is 2. The Morgan fingerprint density at radius 2 is 1.90 bits per heavy atom. The lowest BCUT2D eigenvalue weighted by molar-refractivity contribution is 1.12. The second-order valence-electron chi connectivity index (χ2n) is 7.15. The maximum atomic E-state index is 4.87. The van der Waals surface area contributed by atoms with Gasteiger partial charge < -0.3 is 4.98 Å². The molecule has 6 aromatic rings. The molecule has 0 aliphatic rings. The van der Waals surface area contributed by atoms with Crippen molar-refractivity contribution in [2.45, 2.75) is 6.92 Å². The summed E-state index contributed by atoms with van der Waals surface area (Å²) in [5, 5.41) is 8.77. The SMILES string of the molecule is Cc1ccc(-c2cncc3[nH]c(-c4n[nH]c5ccc(-c6cccnc6)nc45)cc23)s1. The number of aryl methyl sites for hydroxylation is 1. The maximum absolute atomic E-state index is 4.87. The highest BCUT2D eigenvalue weighted by Crippen LogP contribution is 2.36. The summed E-state index contributed by atoms with van der Waals surface area (Å²) in [6.45, 7) is 2.12. The molecule has 6 nitrogen and oxygen atoms in total. The third kappa shape index (κ3) is 2.71. The van der Waals surface area contributed by atoms with Crippen molar-refractivity contribution in [3.63, 3.8) is 0 Å².